The monoisotopic (exact) mass is 387 g/mol. The Morgan fingerprint density at radius 3 is 2.22 bits per heavy atom. The predicted molar refractivity (Wildman–Crippen MR) is 94.1 cm³/mol. The van der Waals surface area contributed by atoms with Crippen molar-refractivity contribution in [3.05, 3.63) is 34.9 Å². The van der Waals surface area contributed by atoms with Crippen LogP contribution in [0.3, 0.4) is 0 Å². The summed E-state index contributed by atoms with van der Waals surface area (Å²) in [6.07, 6.45) is -1.45. The van der Waals surface area contributed by atoms with Crippen LogP contribution in [0.15, 0.2) is 12.1 Å². The Labute approximate surface area is 158 Å². The molecule has 27 heavy (non-hydrogen) atoms. The molecule has 0 N–H and O–H groups in total. The number of methoxy groups -OCH3 is 2. The number of ether oxygens (including phenoxy) is 4. The molecule has 1 fully saturated rings. The molecule has 6 nitrogen and oxygen atoms in total. The van der Waals surface area contributed by atoms with Crippen LogP contribution in [-0.2, 0) is 25.6 Å². The number of benzene rings is 1. The van der Waals surface area contributed by atoms with E-state index in [9.17, 15) is 13.6 Å². The third-order valence-electron chi connectivity index (χ3n) is 4.03. The summed E-state index contributed by atoms with van der Waals surface area (Å²) in [7, 11) is 2.62. The Morgan fingerprint density at radius 1 is 1.19 bits per heavy atom. The molecule has 1 aliphatic rings. The Balaban J connectivity index is 1.79. The number of likely N-dealkylation sites (tertiary alicyclic amines) is 1. The Bertz CT molecular complexity index is 629. The highest BCUT2D eigenvalue weighted by Gasteiger charge is 2.33. The van der Waals surface area contributed by atoms with Crippen molar-refractivity contribution in [1.29, 1.82) is 0 Å². The summed E-state index contributed by atoms with van der Waals surface area (Å²) in [5.74, 6) is -1.32. The fourth-order valence-corrected chi connectivity index (χ4v) is 2.77. The lowest BCUT2D eigenvalue weighted by Gasteiger charge is -2.39. The lowest BCUT2D eigenvalue weighted by Crippen LogP contribution is -2.53. The third kappa shape index (κ3) is 5.85. The third-order valence-corrected chi connectivity index (χ3v) is 4.03. The van der Waals surface area contributed by atoms with Crippen molar-refractivity contribution < 1.29 is 32.5 Å². The largest absolute Gasteiger partial charge is 0.444 e. The highest BCUT2D eigenvalue weighted by Crippen LogP contribution is 2.26. The number of hydrogen-bond donors (Lipinski definition) is 0. The maximum absolute atomic E-state index is 14.2. The van der Waals surface area contributed by atoms with E-state index >= 15 is 0 Å². The van der Waals surface area contributed by atoms with E-state index < -0.39 is 23.5 Å². The molecule has 1 aliphatic heterocycles. The topological polar surface area (TPSA) is 57.2 Å². The first-order valence-electron chi connectivity index (χ1n) is 8.73. The molecule has 1 aromatic carbocycles. The lowest BCUT2D eigenvalue weighted by atomic mass is 10.0. The normalized spacial score (nSPS) is 15.2. The molecule has 0 aromatic heterocycles. The predicted octanol–water partition coefficient (Wildman–Crippen LogP) is 3.64. The molecule has 0 bridgehead atoms. The maximum Gasteiger partial charge on any atom is 0.410 e. The van der Waals surface area contributed by atoms with Crippen molar-refractivity contribution >= 4 is 6.09 Å². The Kier molecular flexibility index (Phi) is 7.13. The Morgan fingerprint density at radius 2 is 1.74 bits per heavy atom. The quantitative estimate of drug-likeness (QED) is 0.669. The number of carbonyl (C=O) groups excluding carboxylic acids is 1. The van der Waals surface area contributed by atoms with Crippen LogP contribution in [0.25, 0.3) is 0 Å². The van der Waals surface area contributed by atoms with E-state index in [1.165, 1.54) is 26.4 Å². The second-order valence-electron chi connectivity index (χ2n) is 7.54. The first kappa shape index (κ1) is 21.5. The van der Waals surface area contributed by atoms with Gasteiger partial charge in [-0.25, -0.2) is 13.6 Å². The van der Waals surface area contributed by atoms with Crippen LogP contribution in [-0.4, -0.2) is 50.5 Å². The van der Waals surface area contributed by atoms with Gasteiger partial charge in [0.15, 0.2) is 6.29 Å². The van der Waals surface area contributed by atoms with Crippen LogP contribution < -0.4 is 0 Å². The second kappa shape index (κ2) is 8.95. The molecule has 1 aromatic rings. The lowest BCUT2D eigenvalue weighted by molar-refractivity contribution is -0.109. The van der Waals surface area contributed by atoms with Crippen molar-refractivity contribution in [2.24, 2.45) is 5.92 Å². The molecule has 0 saturated carbocycles. The first-order chi connectivity index (χ1) is 12.6. The minimum Gasteiger partial charge on any atom is -0.444 e. The summed E-state index contributed by atoms with van der Waals surface area (Å²) in [5.41, 5.74) is -0.414. The van der Waals surface area contributed by atoms with Gasteiger partial charge >= 0.3 is 6.09 Å². The summed E-state index contributed by atoms with van der Waals surface area (Å²) in [6, 6.07) is 2.41. The molecule has 0 atom stereocenters. The molecule has 0 aliphatic carbocycles. The fourth-order valence-electron chi connectivity index (χ4n) is 2.77. The zero-order valence-corrected chi connectivity index (χ0v) is 16.4. The maximum atomic E-state index is 14.2. The summed E-state index contributed by atoms with van der Waals surface area (Å²) in [5, 5.41) is 0. The van der Waals surface area contributed by atoms with Crippen LogP contribution in [0.2, 0.25) is 0 Å². The molecule has 8 heteroatoms. The smallest absolute Gasteiger partial charge is 0.410 e. The highest BCUT2D eigenvalue weighted by molar-refractivity contribution is 5.69. The highest BCUT2D eigenvalue weighted by atomic mass is 19.1. The SMILES string of the molecule is COC(OC)c1c(F)cc(COCC2CN(C(=O)OC(C)(C)C)C2)cc1F. The van der Waals surface area contributed by atoms with Crippen LogP contribution >= 0.6 is 0 Å². The van der Waals surface area contributed by atoms with Gasteiger partial charge < -0.3 is 23.8 Å². The molecule has 152 valence electrons. The van der Waals surface area contributed by atoms with Crippen LogP contribution in [0.5, 0.6) is 0 Å². The van der Waals surface area contributed by atoms with E-state index in [0.717, 1.165) is 0 Å². The molecule has 0 spiro atoms. The van der Waals surface area contributed by atoms with Crippen molar-refractivity contribution in [2.75, 3.05) is 33.9 Å². The molecule has 1 heterocycles. The van der Waals surface area contributed by atoms with Crippen LogP contribution in [0.4, 0.5) is 13.6 Å². The summed E-state index contributed by atoms with van der Waals surface area (Å²) in [6.45, 7) is 6.99. The van der Waals surface area contributed by atoms with Gasteiger partial charge in [0.1, 0.15) is 17.2 Å². The van der Waals surface area contributed by atoms with E-state index in [1.807, 2.05) is 20.8 Å². The van der Waals surface area contributed by atoms with Gasteiger partial charge in [-0.05, 0) is 38.5 Å². The number of rotatable bonds is 7. The fraction of sp³-hybridized carbons (Fsp3) is 0.632. The summed E-state index contributed by atoms with van der Waals surface area (Å²) in [4.78, 5) is 13.5. The molecule has 0 unspecified atom stereocenters. The van der Waals surface area contributed by atoms with Gasteiger partial charge in [-0.15, -0.1) is 0 Å². The van der Waals surface area contributed by atoms with Gasteiger partial charge in [0, 0.05) is 33.2 Å². The average molecular weight is 387 g/mol. The number of carbonyl (C=O) groups is 1. The van der Waals surface area contributed by atoms with Crippen molar-refractivity contribution in [1.82, 2.24) is 4.90 Å². The average Bonchev–Trinajstić information content (AvgIpc) is 2.51. The van der Waals surface area contributed by atoms with Crippen LogP contribution in [0.1, 0.15) is 38.2 Å². The van der Waals surface area contributed by atoms with Crippen LogP contribution in [0, 0.1) is 17.6 Å². The summed E-state index contributed by atoms with van der Waals surface area (Å²) >= 11 is 0. The summed E-state index contributed by atoms with van der Waals surface area (Å²) < 4.78 is 49.0. The van der Waals surface area contributed by atoms with Gasteiger partial charge in [-0.3, -0.25) is 0 Å². The van der Waals surface area contributed by atoms with Crippen molar-refractivity contribution in [2.45, 2.75) is 39.3 Å². The van der Waals surface area contributed by atoms with Gasteiger partial charge in [-0.2, -0.15) is 0 Å². The number of nitrogens with zero attached hydrogens (tertiary/aromatic N) is 1. The zero-order valence-electron chi connectivity index (χ0n) is 16.4. The minimum absolute atomic E-state index is 0.0711. The van der Waals surface area contributed by atoms with E-state index in [1.54, 1.807) is 4.90 Å². The molecule has 2 rings (SSSR count). The molecular formula is C19H27F2NO5. The van der Waals surface area contributed by atoms with Gasteiger partial charge in [0.25, 0.3) is 0 Å². The van der Waals surface area contributed by atoms with E-state index in [4.69, 9.17) is 18.9 Å². The molecule has 1 saturated heterocycles. The minimum atomic E-state index is -1.10. The van der Waals surface area contributed by atoms with Gasteiger partial charge in [0.2, 0.25) is 0 Å². The first-order valence-corrected chi connectivity index (χ1v) is 8.73. The van der Waals surface area contributed by atoms with E-state index in [0.29, 0.717) is 25.3 Å². The van der Waals surface area contributed by atoms with E-state index in [2.05, 4.69) is 0 Å². The Hall–Kier alpha value is -1.77. The molecular weight excluding hydrogens is 360 g/mol. The number of halogens is 2. The van der Waals surface area contributed by atoms with Gasteiger partial charge in [-0.1, -0.05) is 0 Å². The standard InChI is InChI=1S/C19H27F2NO5/c1-19(2,3)27-18(23)22-8-13(9-22)11-26-10-12-6-14(20)16(15(21)7-12)17(24-4)25-5/h6-7,13,17H,8-11H2,1-5H3. The zero-order chi connectivity index (χ0) is 20.2. The molecule has 0 radical (unpaired) electrons. The van der Waals surface area contributed by atoms with Crippen molar-refractivity contribution in [3.63, 3.8) is 0 Å². The van der Waals surface area contributed by atoms with Crippen molar-refractivity contribution in [3.8, 4) is 0 Å². The molecule has 1 amide bonds. The van der Waals surface area contributed by atoms with Gasteiger partial charge in [0.05, 0.1) is 18.8 Å². The number of amides is 1. The van der Waals surface area contributed by atoms with E-state index in [-0.39, 0.29) is 24.2 Å². The second-order valence-corrected chi connectivity index (χ2v) is 7.54. The number of hydrogen-bond acceptors (Lipinski definition) is 5.